The lowest BCUT2D eigenvalue weighted by Crippen LogP contribution is -1.82. The number of nitrogens with zero attached hydrogens (tertiary/aromatic N) is 2. The standard InChI is InChI=1S/C14H12N2O2/c17-13-7-3-1-5-11(13)9-15-16-10-12-6-2-4-8-14(12)18/h1-10,17-18H/b15-9-,16-10-. The van der Waals surface area contributed by atoms with Crippen LogP contribution in [0.3, 0.4) is 0 Å². The first-order chi connectivity index (χ1) is 8.77. The molecule has 0 aliphatic rings. The maximum atomic E-state index is 9.49. The summed E-state index contributed by atoms with van der Waals surface area (Å²) in [6, 6.07) is 13.7. The number of para-hydroxylation sites is 2. The summed E-state index contributed by atoms with van der Waals surface area (Å²) < 4.78 is 0. The molecule has 0 aromatic heterocycles. The van der Waals surface area contributed by atoms with Crippen molar-refractivity contribution in [2.75, 3.05) is 0 Å². The third-order valence-corrected chi connectivity index (χ3v) is 2.33. The van der Waals surface area contributed by atoms with E-state index in [9.17, 15) is 10.2 Å². The maximum Gasteiger partial charge on any atom is 0.124 e. The molecule has 18 heavy (non-hydrogen) atoms. The SMILES string of the molecule is Oc1ccccc1/C=N\N=C/c1ccccc1O. The number of hydrogen-bond acceptors (Lipinski definition) is 4. The van der Waals surface area contributed by atoms with Crippen molar-refractivity contribution < 1.29 is 10.2 Å². The van der Waals surface area contributed by atoms with Crippen molar-refractivity contribution >= 4 is 12.4 Å². The molecule has 2 aromatic carbocycles. The van der Waals surface area contributed by atoms with Gasteiger partial charge in [-0.15, -0.1) is 0 Å². The summed E-state index contributed by atoms with van der Waals surface area (Å²) in [6.45, 7) is 0. The Hall–Kier alpha value is -2.62. The highest BCUT2D eigenvalue weighted by Crippen LogP contribution is 2.14. The van der Waals surface area contributed by atoms with Gasteiger partial charge in [-0.2, -0.15) is 10.2 Å². The molecule has 0 amide bonds. The minimum atomic E-state index is 0.152. The third-order valence-electron chi connectivity index (χ3n) is 2.33. The van der Waals surface area contributed by atoms with Gasteiger partial charge in [-0.1, -0.05) is 24.3 Å². The van der Waals surface area contributed by atoms with Gasteiger partial charge in [0, 0.05) is 11.1 Å². The van der Waals surface area contributed by atoms with Gasteiger partial charge in [0.2, 0.25) is 0 Å². The number of hydrogen-bond donors (Lipinski definition) is 2. The van der Waals surface area contributed by atoms with Gasteiger partial charge in [0.15, 0.2) is 0 Å². The molecule has 0 aliphatic carbocycles. The van der Waals surface area contributed by atoms with Crippen molar-refractivity contribution in [3.05, 3.63) is 59.7 Å². The Morgan fingerprint density at radius 2 is 1.06 bits per heavy atom. The molecule has 0 fully saturated rings. The maximum absolute atomic E-state index is 9.49. The quantitative estimate of drug-likeness (QED) is 0.639. The average Bonchev–Trinajstić information content (AvgIpc) is 2.38. The van der Waals surface area contributed by atoms with Gasteiger partial charge in [-0.05, 0) is 24.3 Å². The van der Waals surface area contributed by atoms with E-state index in [2.05, 4.69) is 10.2 Å². The van der Waals surface area contributed by atoms with Gasteiger partial charge in [0.1, 0.15) is 11.5 Å². The molecule has 0 aliphatic heterocycles. The molecule has 0 spiro atoms. The van der Waals surface area contributed by atoms with Crippen LogP contribution in [0.25, 0.3) is 0 Å². The molecule has 0 bridgehead atoms. The van der Waals surface area contributed by atoms with E-state index in [4.69, 9.17) is 0 Å². The summed E-state index contributed by atoms with van der Waals surface area (Å²) >= 11 is 0. The molecule has 0 atom stereocenters. The molecule has 0 saturated carbocycles. The molecular formula is C14H12N2O2. The van der Waals surface area contributed by atoms with Crippen LogP contribution in [0.15, 0.2) is 58.7 Å². The third kappa shape index (κ3) is 2.95. The first-order valence-electron chi connectivity index (χ1n) is 5.40. The molecular weight excluding hydrogens is 228 g/mol. The van der Waals surface area contributed by atoms with Gasteiger partial charge < -0.3 is 10.2 Å². The number of benzene rings is 2. The second-order valence-corrected chi connectivity index (χ2v) is 3.61. The van der Waals surface area contributed by atoms with Crippen LogP contribution >= 0.6 is 0 Å². The molecule has 4 nitrogen and oxygen atoms in total. The Morgan fingerprint density at radius 3 is 1.44 bits per heavy atom. The van der Waals surface area contributed by atoms with Crippen molar-refractivity contribution in [3.8, 4) is 11.5 Å². The summed E-state index contributed by atoms with van der Waals surface area (Å²) in [5.41, 5.74) is 1.18. The van der Waals surface area contributed by atoms with Crippen LogP contribution in [0, 0.1) is 0 Å². The Kier molecular flexibility index (Phi) is 3.71. The second kappa shape index (κ2) is 5.63. The number of rotatable bonds is 3. The second-order valence-electron chi connectivity index (χ2n) is 3.61. The number of phenolic OH excluding ortho intramolecular Hbond substituents is 2. The van der Waals surface area contributed by atoms with E-state index in [1.54, 1.807) is 48.5 Å². The molecule has 2 N–H and O–H groups in total. The molecule has 90 valence electrons. The minimum absolute atomic E-state index is 0.152. The van der Waals surface area contributed by atoms with E-state index in [0.29, 0.717) is 11.1 Å². The lowest BCUT2D eigenvalue weighted by atomic mass is 10.2. The smallest absolute Gasteiger partial charge is 0.124 e. The van der Waals surface area contributed by atoms with Crippen LogP contribution < -0.4 is 0 Å². The molecule has 0 unspecified atom stereocenters. The van der Waals surface area contributed by atoms with Crippen LogP contribution in [0.4, 0.5) is 0 Å². The summed E-state index contributed by atoms with van der Waals surface area (Å²) in [7, 11) is 0. The van der Waals surface area contributed by atoms with Gasteiger partial charge in [-0.25, -0.2) is 0 Å². The monoisotopic (exact) mass is 240 g/mol. The fourth-order valence-corrected chi connectivity index (χ4v) is 1.38. The molecule has 2 rings (SSSR count). The Labute approximate surface area is 105 Å². The average molecular weight is 240 g/mol. The fraction of sp³-hybridized carbons (Fsp3) is 0. The lowest BCUT2D eigenvalue weighted by Gasteiger charge is -1.95. The first kappa shape index (κ1) is 11.9. The Morgan fingerprint density at radius 1 is 0.667 bits per heavy atom. The zero-order chi connectivity index (χ0) is 12.8. The van der Waals surface area contributed by atoms with E-state index in [0.717, 1.165) is 0 Å². The van der Waals surface area contributed by atoms with Crippen LogP contribution in [0.2, 0.25) is 0 Å². The van der Waals surface area contributed by atoms with Crippen molar-refractivity contribution in [1.82, 2.24) is 0 Å². The summed E-state index contributed by atoms with van der Waals surface area (Å²) in [6.07, 6.45) is 2.90. The molecule has 2 aromatic rings. The van der Waals surface area contributed by atoms with Gasteiger partial charge >= 0.3 is 0 Å². The van der Waals surface area contributed by atoms with Crippen molar-refractivity contribution in [2.45, 2.75) is 0 Å². The molecule has 4 heteroatoms. The van der Waals surface area contributed by atoms with E-state index in [1.807, 2.05) is 0 Å². The van der Waals surface area contributed by atoms with Crippen molar-refractivity contribution in [1.29, 1.82) is 0 Å². The predicted molar refractivity (Wildman–Crippen MR) is 71.4 cm³/mol. The number of phenols is 2. The van der Waals surface area contributed by atoms with Gasteiger partial charge in [-0.3, -0.25) is 0 Å². The van der Waals surface area contributed by atoms with E-state index in [-0.39, 0.29) is 11.5 Å². The Balaban J connectivity index is 2.08. The van der Waals surface area contributed by atoms with Crippen LogP contribution in [0.5, 0.6) is 11.5 Å². The summed E-state index contributed by atoms with van der Waals surface area (Å²) in [5.74, 6) is 0.304. The minimum Gasteiger partial charge on any atom is -0.507 e. The molecule has 0 radical (unpaired) electrons. The predicted octanol–water partition coefficient (Wildman–Crippen LogP) is 2.55. The van der Waals surface area contributed by atoms with Crippen LogP contribution in [0.1, 0.15) is 11.1 Å². The van der Waals surface area contributed by atoms with Crippen molar-refractivity contribution in [2.24, 2.45) is 10.2 Å². The van der Waals surface area contributed by atoms with Crippen LogP contribution in [-0.2, 0) is 0 Å². The summed E-state index contributed by atoms with van der Waals surface area (Å²) in [5, 5.41) is 26.6. The highest BCUT2D eigenvalue weighted by molar-refractivity contribution is 5.86. The Bertz CT molecular complexity index is 538. The topological polar surface area (TPSA) is 65.2 Å². The lowest BCUT2D eigenvalue weighted by molar-refractivity contribution is 0.474. The summed E-state index contributed by atoms with van der Waals surface area (Å²) in [4.78, 5) is 0. The van der Waals surface area contributed by atoms with Gasteiger partial charge in [0.25, 0.3) is 0 Å². The van der Waals surface area contributed by atoms with Gasteiger partial charge in [0.05, 0.1) is 12.4 Å². The van der Waals surface area contributed by atoms with Crippen LogP contribution in [-0.4, -0.2) is 22.6 Å². The fourth-order valence-electron chi connectivity index (χ4n) is 1.38. The first-order valence-corrected chi connectivity index (χ1v) is 5.40. The molecule has 0 heterocycles. The van der Waals surface area contributed by atoms with E-state index >= 15 is 0 Å². The normalized spacial score (nSPS) is 11.3. The zero-order valence-electron chi connectivity index (χ0n) is 9.56. The highest BCUT2D eigenvalue weighted by atomic mass is 16.3. The highest BCUT2D eigenvalue weighted by Gasteiger charge is 1.95. The van der Waals surface area contributed by atoms with E-state index in [1.165, 1.54) is 12.4 Å². The largest absolute Gasteiger partial charge is 0.507 e. The number of aromatic hydroxyl groups is 2. The van der Waals surface area contributed by atoms with Crippen molar-refractivity contribution in [3.63, 3.8) is 0 Å². The van der Waals surface area contributed by atoms with E-state index < -0.39 is 0 Å². The molecule has 0 saturated heterocycles. The zero-order valence-corrected chi connectivity index (χ0v) is 9.56.